The molecule has 1 aliphatic carbocycles. The lowest BCUT2D eigenvalue weighted by Gasteiger charge is -2.13. The number of allylic oxidation sites excluding steroid dienone is 1. The second-order valence-corrected chi connectivity index (χ2v) is 7.99. The SMILES string of the molecule is COc1c(/C(C)=C/C(=O)NCCCCCC(=O)O)cc2c3c(oc2c1C)CCCC3. The van der Waals surface area contributed by atoms with E-state index in [1.54, 1.807) is 13.2 Å². The van der Waals surface area contributed by atoms with Crippen LogP contribution in [0.1, 0.15) is 67.9 Å². The van der Waals surface area contributed by atoms with Crippen molar-refractivity contribution in [3.05, 3.63) is 34.6 Å². The number of furan rings is 1. The lowest BCUT2D eigenvalue weighted by Crippen LogP contribution is -2.22. The fourth-order valence-electron chi connectivity index (χ4n) is 4.21. The highest BCUT2D eigenvalue weighted by molar-refractivity contribution is 5.98. The number of methoxy groups -OCH3 is 1. The van der Waals surface area contributed by atoms with Crippen LogP contribution in [0.2, 0.25) is 0 Å². The number of hydrogen-bond donors (Lipinski definition) is 2. The summed E-state index contributed by atoms with van der Waals surface area (Å²) in [6.45, 7) is 4.46. The van der Waals surface area contributed by atoms with Crippen LogP contribution in [0.4, 0.5) is 0 Å². The molecule has 1 amide bonds. The summed E-state index contributed by atoms with van der Waals surface area (Å²) in [5.41, 5.74) is 4.90. The summed E-state index contributed by atoms with van der Waals surface area (Å²) < 4.78 is 11.8. The molecular weight excluding hydrogens is 382 g/mol. The van der Waals surface area contributed by atoms with E-state index in [0.29, 0.717) is 13.0 Å². The molecular formula is C24H31NO5. The molecule has 0 spiro atoms. The molecule has 3 rings (SSSR count). The number of carbonyl (C=O) groups excluding carboxylic acids is 1. The van der Waals surface area contributed by atoms with E-state index in [1.807, 2.05) is 13.8 Å². The fourth-order valence-corrected chi connectivity index (χ4v) is 4.21. The summed E-state index contributed by atoms with van der Waals surface area (Å²) >= 11 is 0. The molecule has 1 aliphatic rings. The number of fused-ring (bicyclic) bond motifs is 3. The van der Waals surface area contributed by atoms with Gasteiger partial charge >= 0.3 is 5.97 Å². The Morgan fingerprint density at radius 3 is 2.73 bits per heavy atom. The number of carboxylic acid groups (broad SMARTS) is 1. The zero-order chi connectivity index (χ0) is 21.7. The van der Waals surface area contributed by atoms with Gasteiger partial charge in [0.2, 0.25) is 5.91 Å². The fraction of sp³-hybridized carbons (Fsp3) is 0.500. The van der Waals surface area contributed by atoms with Crippen molar-refractivity contribution in [2.45, 2.75) is 65.2 Å². The summed E-state index contributed by atoms with van der Waals surface area (Å²) in [7, 11) is 1.64. The summed E-state index contributed by atoms with van der Waals surface area (Å²) in [5.74, 6) is 0.891. The molecule has 162 valence electrons. The number of ether oxygens (including phenoxy) is 1. The Labute approximate surface area is 177 Å². The van der Waals surface area contributed by atoms with Crippen molar-refractivity contribution in [2.24, 2.45) is 0 Å². The Bertz CT molecular complexity index is 970. The molecule has 6 heteroatoms. The average Bonchev–Trinajstić information content (AvgIpc) is 3.09. The topological polar surface area (TPSA) is 88.8 Å². The Morgan fingerprint density at radius 1 is 1.23 bits per heavy atom. The largest absolute Gasteiger partial charge is 0.496 e. The minimum Gasteiger partial charge on any atom is -0.496 e. The van der Waals surface area contributed by atoms with Gasteiger partial charge in [-0.2, -0.15) is 0 Å². The monoisotopic (exact) mass is 413 g/mol. The van der Waals surface area contributed by atoms with Gasteiger partial charge in [-0.1, -0.05) is 6.42 Å². The van der Waals surface area contributed by atoms with Crippen LogP contribution in [0.3, 0.4) is 0 Å². The van der Waals surface area contributed by atoms with E-state index < -0.39 is 5.97 Å². The van der Waals surface area contributed by atoms with Crippen LogP contribution >= 0.6 is 0 Å². The first kappa shape index (κ1) is 21.9. The zero-order valence-electron chi connectivity index (χ0n) is 18.1. The van der Waals surface area contributed by atoms with Crippen molar-refractivity contribution in [3.8, 4) is 5.75 Å². The molecule has 1 aromatic heterocycles. The highest BCUT2D eigenvalue weighted by Gasteiger charge is 2.23. The summed E-state index contributed by atoms with van der Waals surface area (Å²) in [6, 6.07) is 2.10. The molecule has 1 heterocycles. The molecule has 0 radical (unpaired) electrons. The predicted molar refractivity (Wildman–Crippen MR) is 117 cm³/mol. The molecule has 0 saturated carbocycles. The van der Waals surface area contributed by atoms with Gasteiger partial charge in [-0.05, 0) is 57.6 Å². The predicted octanol–water partition coefficient (Wildman–Crippen LogP) is 4.79. The first-order valence-electron chi connectivity index (χ1n) is 10.7. The summed E-state index contributed by atoms with van der Waals surface area (Å²) in [5, 5.41) is 12.7. The molecule has 0 bridgehead atoms. The molecule has 0 fully saturated rings. The summed E-state index contributed by atoms with van der Waals surface area (Å²) in [6.07, 6.45) is 8.29. The van der Waals surface area contributed by atoms with E-state index in [2.05, 4.69) is 11.4 Å². The van der Waals surface area contributed by atoms with E-state index in [-0.39, 0.29) is 12.3 Å². The molecule has 6 nitrogen and oxygen atoms in total. The van der Waals surface area contributed by atoms with E-state index in [0.717, 1.165) is 71.3 Å². The quantitative estimate of drug-likeness (QED) is 0.456. The second-order valence-electron chi connectivity index (χ2n) is 7.99. The van der Waals surface area contributed by atoms with Gasteiger partial charge in [0.1, 0.15) is 17.1 Å². The van der Waals surface area contributed by atoms with Gasteiger partial charge < -0.3 is 19.6 Å². The number of carboxylic acids is 1. The van der Waals surface area contributed by atoms with Gasteiger partial charge in [-0.25, -0.2) is 0 Å². The Kier molecular flexibility index (Phi) is 7.19. The number of aryl methyl sites for hydroxylation is 3. The number of hydrogen-bond acceptors (Lipinski definition) is 4. The lowest BCUT2D eigenvalue weighted by atomic mass is 9.93. The van der Waals surface area contributed by atoms with Crippen LogP contribution < -0.4 is 10.1 Å². The number of unbranched alkanes of at least 4 members (excludes halogenated alkanes) is 2. The van der Waals surface area contributed by atoms with Gasteiger partial charge in [-0.15, -0.1) is 0 Å². The molecule has 0 atom stereocenters. The van der Waals surface area contributed by atoms with Gasteiger partial charge in [-0.3, -0.25) is 9.59 Å². The maximum Gasteiger partial charge on any atom is 0.303 e. The lowest BCUT2D eigenvalue weighted by molar-refractivity contribution is -0.137. The van der Waals surface area contributed by atoms with Crippen molar-refractivity contribution in [1.29, 1.82) is 0 Å². The molecule has 2 aromatic rings. The van der Waals surface area contributed by atoms with Crippen LogP contribution in [0, 0.1) is 6.92 Å². The van der Waals surface area contributed by atoms with E-state index in [9.17, 15) is 9.59 Å². The van der Waals surface area contributed by atoms with E-state index >= 15 is 0 Å². The molecule has 2 N–H and O–H groups in total. The van der Waals surface area contributed by atoms with Crippen molar-refractivity contribution in [2.75, 3.05) is 13.7 Å². The molecule has 1 aromatic carbocycles. The van der Waals surface area contributed by atoms with Crippen LogP contribution in [-0.4, -0.2) is 30.6 Å². The third kappa shape index (κ3) is 4.86. The first-order valence-corrected chi connectivity index (χ1v) is 10.7. The van der Waals surface area contributed by atoms with Crippen molar-refractivity contribution in [1.82, 2.24) is 5.32 Å². The number of rotatable bonds is 9. The maximum absolute atomic E-state index is 12.4. The number of nitrogens with one attached hydrogen (secondary N) is 1. The van der Waals surface area contributed by atoms with Gasteiger partial charge in [0.15, 0.2) is 0 Å². The third-order valence-corrected chi connectivity index (χ3v) is 5.77. The second kappa shape index (κ2) is 9.83. The Hall–Kier alpha value is -2.76. The van der Waals surface area contributed by atoms with E-state index in [1.165, 1.54) is 12.0 Å². The molecule has 0 aliphatic heterocycles. The number of aliphatic carboxylic acids is 1. The Morgan fingerprint density at radius 2 is 2.00 bits per heavy atom. The smallest absolute Gasteiger partial charge is 0.303 e. The van der Waals surface area contributed by atoms with Crippen molar-refractivity contribution < 1.29 is 23.8 Å². The molecule has 0 unspecified atom stereocenters. The third-order valence-electron chi connectivity index (χ3n) is 5.77. The number of amides is 1. The highest BCUT2D eigenvalue weighted by atomic mass is 16.5. The number of carbonyl (C=O) groups is 2. The van der Waals surface area contributed by atoms with Crippen LogP contribution in [0.25, 0.3) is 16.5 Å². The van der Waals surface area contributed by atoms with Crippen molar-refractivity contribution in [3.63, 3.8) is 0 Å². The van der Waals surface area contributed by atoms with Crippen LogP contribution in [0.5, 0.6) is 5.75 Å². The number of benzene rings is 1. The van der Waals surface area contributed by atoms with Crippen LogP contribution in [-0.2, 0) is 22.4 Å². The maximum atomic E-state index is 12.4. The first-order chi connectivity index (χ1) is 14.4. The standard InChI is InChI=1S/C24H31NO5/c1-15(13-21(26)25-12-8-4-5-11-22(27)28)18-14-19-17-9-6-7-10-20(17)30-24(19)16(2)23(18)29-3/h13-14H,4-12H2,1-3H3,(H,25,26)(H,27,28)/b15-13+. The zero-order valence-corrected chi connectivity index (χ0v) is 18.1. The van der Waals surface area contributed by atoms with Gasteiger partial charge in [0, 0.05) is 47.5 Å². The normalized spacial score (nSPS) is 13.9. The highest BCUT2D eigenvalue weighted by Crippen LogP contribution is 2.40. The summed E-state index contributed by atoms with van der Waals surface area (Å²) in [4.78, 5) is 22.9. The van der Waals surface area contributed by atoms with Gasteiger partial charge in [0.05, 0.1) is 7.11 Å². The minimum atomic E-state index is -0.780. The van der Waals surface area contributed by atoms with Gasteiger partial charge in [0.25, 0.3) is 0 Å². The van der Waals surface area contributed by atoms with E-state index in [4.69, 9.17) is 14.3 Å². The minimum absolute atomic E-state index is 0.153. The Balaban J connectivity index is 1.75. The average molecular weight is 414 g/mol. The molecule has 0 saturated heterocycles. The van der Waals surface area contributed by atoms with Crippen molar-refractivity contribution >= 4 is 28.4 Å². The molecule has 30 heavy (non-hydrogen) atoms. The van der Waals surface area contributed by atoms with Crippen LogP contribution in [0.15, 0.2) is 16.6 Å².